The van der Waals surface area contributed by atoms with E-state index in [0.29, 0.717) is 11.3 Å². The van der Waals surface area contributed by atoms with E-state index >= 15 is 0 Å². The first-order chi connectivity index (χ1) is 17.1. The van der Waals surface area contributed by atoms with Crippen LogP contribution in [0.4, 0.5) is 19.0 Å². The van der Waals surface area contributed by atoms with Crippen molar-refractivity contribution in [3.8, 4) is 17.0 Å². The molecular weight excluding hydrogens is 511 g/mol. The standard InChI is InChI=1S/C25H28F3N3O5S/c1-12-15(8-9-20(29-12)30-37(34,35)25(3,4)5)22-21(23(32)33)16-10-17(26)19(36-24(27)28)11-18(16)31(22)13(2)14-6-7-14/h8-11,13-14,24H,6-7H2,1-5H3,(H,29,30)(H,32,33)/t13-/m1/s1. The highest BCUT2D eigenvalue weighted by Crippen LogP contribution is 2.46. The molecule has 1 aliphatic carbocycles. The highest BCUT2D eigenvalue weighted by Gasteiger charge is 2.35. The van der Waals surface area contributed by atoms with Crippen LogP contribution >= 0.6 is 0 Å². The van der Waals surface area contributed by atoms with Gasteiger partial charge in [0.05, 0.1) is 21.5 Å². The van der Waals surface area contributed by atoms with Gasteiger partial charge < -0.3 is 14.4 Å². The largest absolute Gasteiger partial charge is 0.478 e. The number of ether oxygens (including phenoxy) is 1. The van der Waals surface area contributed by atoms with Gasteiger partial charge in [0.1, 0.15) is 5.82 Å². The molecule has 1 atom stereocenters. The Hall–Kier alpha value is -3.28. The van der Waals surface area contributed by atoms with Crippen molar-refractivity contribution in [2.75, 3.05) is 4.72 Å². The molecule has 0 saturated heterocycles. The Morgan fingerprint density at radius 3 is 2.41 bits per heavy atom. The van der Waals surface area contributed by atoms with Crippen molar-refractivity contribution < 1.29 is 36.2 Å². The summed E-state index contributed by atoms with van der Waals surface area (Å²) in [6.07, 6.45) is 1.80. The van der Waals surface area contributed by atoms with Crippen LogP contribution < -0.4 is 9.46 Å². The number of alkyl halides is 2. The third-order valence-corrected chi connectivity index (χ3v) is 8.67. The van der Waals surface area contributed by atoms with E-state index in [0.717, 1.165) is 25.0 Å². The lowest BCUT2D eigenvalue weighted by atomic mass is 10.0. The highest BCUT2D eigenvalue weighted by molar-refractivity contribution is 7.94. The van der Waals surface area contributed by atoms with Crippen LogP contribution in [0.25, 0.3) is 22.2 Å². The van der Waals surface area contributed by atoms with Gasteiger partial charge in [-0.1, -0.05) is 0 Å². The number of carboxylic acids is 1. The Kier molecular flexibility index (Phi) is 6.68. The predicted octanol–water partition coefficient (Wildman–Crippen LogP) is 5.96. The van der Waals surface area contributed by atoms with E-state index in [1.807, 2.05) is 6.92 Å². The number of hydrogen-bond acceptors (Lipinski definition) is 5. The summed E-state index contributed by atoms with van der Waals surface area (Å²) in [5.74, 6) is -2.86. The van der Waals surface area contributed by atoms with E-state index in [9.17, 15) is 31.5 Å². The number of nitrogens with zero attached hydrogens (tertiary/aromatic N) is 2. The van der Waals surface area contributed by atoms with Crippen molar-refractivity contribution in [3.05, 3.63) is 41.3 Å². The number of aromatic carboxylic acids is 1. The van der Waals surface area contributed by atoms with E-state index < -0.39 is 38.9 Å². The van der Waals surface area contributed by atoms with E-state index in [1.165, 1.54) is 6.07 Å². The van der Waals surface area contributed by atoms with E-state index in [2.05, 4.69) is 14.4 Å². The summed E-state index contributed by atoms with van der Waals surface area (Å²) in [6.45, 7) is 4.85. The molecule has 0 spiro atoms. The summed E-state index contributed by atoms with van der Waals surface area (Å²) in [5, 5.41) is 10.2. The van der Waals surface area contributed by atoms with Crippen LogP contribution in [0.2, 0.25) is 0 Å². The molecule has 2 heterocycles. The maximum absolute atomic E-state index is 14.7. The Balaban J connectivity index is 1.97. The number of halogens is 3. The number of fused-ring (bicyclic) bond motifs is 1. The molecular formula is C25H28F3N3O5S. The lowest BCUT2D eigenvalue weighted by Crippen LogP contribution is -2.34. The molecule has 12 heteroatoms. The third kappa shape index (κ3) is 4.98. The number of pyridine rings is 1. The maximum Gasteiger partial charge on any atom is 0.387 e. The lowest BCUT2D eigenvalue weighted by molar-refractivity contribution is -0.0521. The molecule has 0 amide bonds. The summed E-state index contributed by atoms with van der Waals surface area (Å²) in [6, 6.07) is 4.72. The van der Waals surface area contributed by atoms with Crippen molar-refractivity contribution >= 4 is 32.7 Å². The minimum atomic E-state index is -3.76. The molecule has 2 aromatic heterocycles. The summed E-state index contributed by atoms with van der Waals surface area (Å²) < 4.78 is 73.1. The number of sulfonamides is 1. The predicted molar refractivity (Wildman–Crippen MR) is 133 cm³/mol. The fraction of sp³-hybridized carbons (Fsp3) is 0.440. The molecule has 8 nitrogen and oxygen atoms in total. The van der Waals surface area contributed by atoms with Gasteiger partial charge in [0, 0.05) is 28.8 Å². The van der Waals surface area contributed by atoms with E-state index in [1.54, 1.807) is 38.3 Å². The van der Waals surface area contributed by atoms with Crippen LogP contribution in [0.5, 0.6) is 5.75 Å². The Bertz CT molecular complexity index is 1490. The van der Waals surface area contributed by atoms with Crippen LogP contribution in [0, 0.1) is 18.7 Å². The van der Waals surface area contributed by atoms with Crippen molar-refractivity contribution in [2.45, 2.75) is 64.9 Å². The van der Waals surface area contributed by atoms with E-state index in [-0.39, 0.29) is 39.9 Å². The summed E-state index contributed by atoms with van der Waals surface area (Å²) >= 11 is 0. The van der Waals surface area contributed by atoms with Crippen molar-refractivity contribution in [1.82, 2.24) is 9.55 Å². The second-order valence-corrected chi connectivity index (χ2v) is 12.6. The average molecular weight is 540 g/mol. The number of carboxylic acid groups (broad SMARTS) is 1. The molecule has 1 aliphatic rings. The number of benzene rings is 1. The summed E-state index contributed by atoms with van der Waals surface area (Å²) in [5.41, 5.74) is 0.967. The zero-order valence-corrected chi connectivity index (χ0v) is 21.8. The number of nitrogens with one attached hydrogen (secondary N) is 1. The SMILES string of the molecule is Cc1nc(NS(=O)(=O)C(C)(C)C)ccc1-c1c(C(=O)O)c2cc(F)c(OC(F)F)cc2n1[C@H](C)C1CC1. The van der Waals surface area contributed by atoms with Gasteiger partial charge in [-0.05, 0) is 71.6 Å². The molecule has 1 aromatic carbocycles. The first-order valence-corrected chi connectivity index (χ1v) is 13.2. The van der Waals surface area contributed by atoms with Gasteiger partial charge in [-0.25, -0.2) is 22.6 Å². The number of aromatic nitrogens is 2. The molecule has 3 aromatic rings. The smallest absolute Gasteiger partial charge is 0.387 e. The van der Waals surface area contributed by atoms with Gasteiger partial charge in [0.2, 0.25) is 10.0 Å². The van der Waals surface area contributed by atoms with Crippen LogP contribution in [-0.2, 0) is 10.0 Å². The van der Waals surface area contributed by atoms with Gasteiger partial charge >= 0.3 is 12.6 Å². The van der Waals surface area contributed by atoms with Gasteiger partial charge in [0.25, 0.3) is 0 Å². The van der Waals surface area contributed by atoms with E-state index in [4.69, 9.17) is 0 Å². The van der Waals surface area contributed by atoms with Gasteiger partial charge in [-0.3, -0.25) is 4.72 Å². The van der Waals surface area contributed by atoms with Crippen molar-refractivity contribution in [2.24, 2.45) is 5.92 Å². The minimum absolute atomic E-state index is 0.0334. The highest BCUT2D eigenvalue weighted by atomic mass is 32.2. The molecule has 1 fully saturated rings. The van der Waals surface area contributed by atoms with Crippen molar-refractivity contribution in [1.29, 1.82) is 0 Å². The number of aryl methyl sites for hydroxylation is 1. The number of rotatable bonds is 8. The minimum Gasteiger partial charge on any atom is -0.478 e. The van der Waals surface area contributed by atoms with Crippen molar-refractivity contribution in [3.63, 3.8) is 0 Å². The Morgan fingerprint density at radius 2 is 1.89 bits per heavy atom. The second-order valence-electron chi connectivity index (χ2n) is 10.2. The molecule has 200 valence electrons. The Labute approximate surface area is 212 Å². The van der Waals surface area contributed by atoms with Gasteiger partial charge in [-0.15, -0.1) is 0 Å². The molecule has 0 aliphatic heterocycles. The zero-order valence-electron chi connectivity index (χ0n) is 21.0. The second kappa shape index (κ2) is 9.23. The number of carbonyl (C=O) groups is 1. The molecule has 1 saturated carbocycles. The average Bonchev–Trinajstić information content (AvgIpc) is 3.55. The van der Waals surface area contributed by atoms with Crippen LogP contribution in [0.15, 0.2) is 24.3 Å². The maximum atomic E-state index is 14.7. The fourth-order valence-electron chi connectivity index (χ4n) is 4.35. The van der Waals surface area contributed by atoms with Gasteiger partial charge in [0.15, 0.2) is 11.6 Å². The molecule has 37 heavy (non-hydrogen) atoms. The van der Waals surface area contributed by atoms with Crippen LogP contribution in [0.3, 0.4) is 0 Å². The van der Waals surface area contributed by atoms with Gasteiger partial charge in [-0.2, -0.15) is 8.78 Å². The Morgan fingerprint density at radius 1 is 1.24 bits per heavy atom. The number of hydrogen-bond donors (Lipinski definition) is 2. The molecule has 2 N–H and O–H groups in total. The molecule has 0 unspecified atom stereocenters. The first-order valence-electron chi connectivity index (χ1n) is 11.7. The normalized spacial score (nSPS) is 15.3. The monoisotopic (exact) mass is 539 g/mol. The van der Waals surface area contributed by atoms with Crippen LogP contribution in [-0.4, -0.2) is 40.4 Å². The summed E-state index contributed by atoms with van der Waals surface area (Å²) in [7, 11) is -3.76. The van der Waals surface area contributed by atoms with Crippen LogP contribution in [0.1, 0.15) is 62.6 Å². The summed E-state index contributed by atoms with van der Waals surface area (Å²) in [4.78, 5) is 16.8. The zero-order chi connectivity index (χ0) is 27.4. The topological polar surface area (TPSA) is 111 Å². The molecule has 4 rings (SSSR count). The fourth-order valence-corrected chi connectivity index (χ4v) is 5.04. The molecule has 0 bridgehead atoms. The quantitative estimate of drug-likeness (QED) is 0.365. The lowest BCUT2D eigenvalue weighted by Gasteiger charge is -2.22. The third-order valence-electron chi connectivity index (χ3n) is 6.58. The first kappa shape index (κ1) is 26.8. The number of anilines is 1. The molecule has 0 radical (unpaired) electrons.